The van der Waals surface area contributed by atoms with E-state index in [9.17, 15) is 0 Å². The predicted octanol–water partition coefficient (Wildman–Crippen LogP) is 2.04. The molecule has 9 heavy (non-hydrogen) atoms. The molecule has 0 saturated heterocycles. The van der Waals surface area contributed by atoms with E-state index in [-0.39, 0.29) is 0 Å². The van der Waals surface area contributed by atoms with Crippen LogP contribution in [0, 0.1) is 5.92 Å². The molecule has 0 aromatic heterocycles. The molecule has 0 amide bonds. The lowest BCUT2D eigenvalue weighted by molar-refractivity contribution is 0.557. The lowest BCUT2D eigenvalue weighted by Gasteiger charge is -2.01. The zero-order chi connectivity index (χ0) is 6.53. The van der Waals surface area contributed by atoms with Gasteiger partial charge in [-0.1, -0.05) is 31.8 Å². The van der Waals surface area contributed by atoms with Gasteiger partial charge >= 0.3 is 0 Å². The van der Waals surface area contributed by atoms with Gasteiger partial charge in [0.1, 0.15) is 0 Å². The molecule has 0 spiro atoms. The lowest BCUT2D eigenvalue weighted by Crippen LogP contribution is -1.90. The maximum atomic E-state index is 5.23. The van der Waals surface area contributed by atoms with Gasteiger partial charge in [-0.05, 0) is 18.5 Å². The molecule has 0 unspecified atom stereocenters. The molecular formula is C8H15N. The van der Waals surface area contributed by atoms with Crippen LogP contribution in [0.5, 0.6) is 0 Å². The van der Waals surface area contributed by atoms with Crippen LogP contribution in [0.2, 0.25) is 0 Å². The van der Waals surface area contributed by atoms with Crippen LogP contribution in [0.15, 0.2) is 12.3 Å². The number of rotatable bonds is 2. The van der Waals surface area contributed by atoms with Crippen LogP contribution in [0.25, 0.3) is 0 Å². The summed E-state index contributed by atoms with van der Waals surface area (Å²) in [7, 11) is 0. The number of hydrogen-bond donors (Lipinski definition) is 1. The third-order valence-corrected chi connectivity index (χ3v) is 2.08. The first-order valence-corrected chi connectivity index (χ1v) is 3.80. The third-order valence-electron chi connectivity index (χ3n) is 2.08. The lowest BCUT2D eigenvalue weighted by atomic mass is 10.0. The Morgan fingerprint density at radius 2 is 2.00 bits per heavy atom. The van der Waals surface area contributed by atoms with E-state index in [0.29, 0.717) is 0 Å². The topological polar surface area (TPSA) is 26.0 Å². The molecule has 1 heteroatoms. The maximum Gasteiger partial charge on any atom is -0.0103 e. The maximum absolute atomic E-state index is 5.23. The van der Waals surface area contributed by atoms with E-state index in [2.05, 4.69) is 6.08 Å². The minimum absolute atomic E-state index is 0.949. The predicted molar refractivity (Wildman–Crippen MR) is 39.9 cm³/mol. The second-order valence-electron chi connectivity index (χ2n) is 2.81. The van der Waals surface area contributed by atoms with Crippen molar-refractivity contribution in [3.63, 3.8) is 0 Å². The molecule has 1 fully saturated rings. The van der Waals surface area contributed by atoms with Crippen molar-refractivity contribution >= 4 is 0 Å². The Morgan fingerprint density at radius 1 is 1.33 bits per heavy atom. The highest BCUT2D eigenvalue weighted by Gasteiger charge is 2.12. The second kappa shape index (κ2) is 3.54. The van der Waals surface area contributed by atoms with Crippen molar-refractivity contribution < 1.29 is 0 Å². The van der Waals surface area contributed by atoms with Crippen molar-refractivity contribution in [3.05, 3.63) is 12.3 Å². The summed E-state index contributed by atoms with van der Waals surface area (Å²) >= 11 is 0. The summed E-state index contributed by atoms with van der Waals surface area (Å²) in [6, 6.07) is 0. The van der Waals surface area contributed by atoms with Crippen LogP contribution in [0.4, 0.5) is 0 Å². The van der Waals surface area contributed by atoms with Gasteiger partial charge < -0.3 is 5.73 Å². The van der Waals surface area contributed by atoms with Gasteiger partial charge in [0.2, 0.25) is 0 Å². The van der Waals surface area contributed by atoms with Crippen molar-refractivity contribution in [2.45, 2.75) is 32.1 Å². The first-order valence-electron chi connectivity index (χ1n) is 3.80. The highest BCUT2D eigenvalue weighted by molar-refractivity contribution is 4.81. The summed E-state index contributed by atoms with van der Waals surface area (Å²) in [5.41, 5.74) is 5.23. The first-order chi connectivity index (χ1) is 4.43. The van der Waals surface area contributed by atoms with Gasteiger partial charge in [0.05, 0.1) is 0 Å². The Morgan fingerprint density at radius 3 is 2.56 bits per heavy atom. The molecule has 1 aliphatic carbocycles. The molecular weight excluding hydrogens is 110 g/mol. The average molecular weight is 125 g/mol. The minimum Gasteiger partial charge on any atom is -0.405 e. The zero-order valence-electron chi connectivity index (χ0n) is 5.84. The summed E-state index contributed by atoms with van der Waals surface area (Å²) in [5, 5.41) is 0. The summed E-state index contributed by atoms with van der Waals surface area (Å²) in [5.74, 6) is 0.949. The van der Waals surface area contributed by atoms with Crippen molar-refractivity contribution in [1.82, 2.24) is 0 Å². The van der Waals surface area contributed by atoms with Gasteiger partial charge in [-0.25, -0.2) is 0 Å². The second-order valence-corrected chi connectivity index (χ2v) is 2.81. The largest absolute Gasteiger partial charge is 0.405 e. The molecule has 1 aliphatic rings. The fourth-order valence-electron chi connectivity index (χ4n) is 1.52. The van der Waals surface area contributed by atoms with Crippen LogP contribution in [-0.4, -0.2) is 0 Å². The van der Waals surface area contributed by atoms with E-state index >= 15 is 0 Å². The van der Waals surface area contributed by atoms with Crippen molar-refractivity contribution in [2.24, 2.45) is 11.7 Å². The van der Waals surface area contributed by atoms with E-state index in [1.54, 1.807) is 6.20 Å². The highest BCUT2D eigenvalue weighted by Crippen LogP contribution is 2.27. The third kappa shape index (κ3) is 2.08. The highest BCUT2D eigenvalue weighted by atomic mass is 14.5. The van der Waals surface area contributed by atoms with Gasteiger partial charge in [0.25, 0.3) is 0 Å². The fraction of sp³-hybridized carbons (Fsp3) is 0.750. The van der Waals surface area contributed by atoms with Crippen LogP contribution in [0.1, 0.15) is 32.1 Å². The summed E-state index contributed by atoms with van der Waals surface area (Å²) < 4.78 is 0. The molecule has 52 valence electrons. The quantitative estimate of drug-likeness (QED) is 0.600. The van der Waals surface area contributed by atoms with E-state index in [4.69, 9.17) is 5.73 Å². The Kier molecular flexibility index (Phi) is 2.62. The van der Waals surface area contributed by atoms with Crippen molar-refractivity contribution in [3.8, 4) is 0 Å². The standard InChI is InChI=1S/C8H15N/c9-7-3-6-8-4-1-2-5-8/h3,7-8H,1-2,4-6,9H2/b7-3+. The van der Waals surface area contributed by atoms with Gasteiger partial charge in [0, 0.05) is 0 Å². The molecule has 0 radical (unpaired) electrons. The molecule has 0 heterocycles. The Balaban J connectivity index is 2.11. The van der Waals surface area contributed by atoms with E-state index in [1.165, 1.54) is 32.1 Å². The van der Waals surface area contributed by atoms with Gasteiger partial charge in [-0.3, -0.25) is 0 Å². The van der Waals surface area contributed by atoms with Crippen molar-refractivity contribution in [1.29, 1.82) is 0 Å². The summed E-state index contributed by atoms with van der Waals surface area (Å²) in [6.45, 7) is 0. The molecule has 0 aromatic rings. The molecule has 2 N–H and O–H groups in total. The van der Waals surface area contributed by atoms with E-state index in [1.807, 2.05) is 0 Å². The molecule has 1 nitrogen and oxygen atoms in total. The minimum atomic E-state index is 0.949. The monoisotopic (exact) mass is 125 g/mol. The van der Waals surface area contributed by atoms with Crippen molar-refractivity contribution in [2.75, 3.05) is 0 Å². The van der Waals surface area contributed by atoms with Gasteiger partial charge in [-0.15, -0.1) is 0 Å². The van der Waals surface area contributed by atoms with Crippen LogP contribution >= 0.6 is 0 Å². The fourth-order valence-corrected chi connectivity index (χ4v) is 1.52. The van der Waals surface area contributed by atoms with E-state index in [0.717, 1.165) is 5.92 Å². The summed E-state index contributed by atoms with van der Waals surface area (Å²) in [4.78, 5) is 0. The first kappa shape index (κ1) is 6.66. The van der Waals surface area contributed by atoms with E-state index < -0.39 is 0 Å². The van der Waals surface area contributed by atoms with Crippen LogP contribution < -0.4 is 5.73 Å². The van der Waals surface area contributed by atoms with Gasteiger partial charge in [0.15, 0.2) is 0 Å². The Hall–Kier alpha value is -0.460. The number of allylic oxidation sites excluding steroid dienone is 1. The summed E-state index contributed by atoms with van der Waals surface area (Å²) in [6.07, 6.45) is 10.7. The molecule has 0 atom stereocenters. The SMILES string of the molecule is N/C=C/CC1CCCC1. The number of hydrogen-bond acceptors (Lipinski definition) is 1. The Bertz CT molecular complexity index is 90.7. The van der Waals surface area contributed by atoms with Gasteiger partial charge in [-0.2, -0.15) is 0 Å². The smallest absolute Gasteiger partial charge is 0.0103 e. The Labute approximate surface area is 56.9 Å². The molecule has 0 aromatic carbocycles. The van der Waals surface area contributed by atoms with Crippen LogP contribution in [0.3, 0.4) is 0 Å². The molecule has 1 rings (SSSR count). The molecule has 0 aliphatic heterocycles. The normalized spacial score (nSPS) is 21.8. The molecule has 0 bridgehead atoms. The number of nitrogens with two attached hydrogens (primary N) is 1. The van der Waals surface area contributed by atoms with Crippen LogP contribution in [-0.2, 0) is 0 Å². The zero-order valence-corrected chi connectivity index (χ0v) is 5.84. The molecule has 1 saturated carbocycles. The average Bonchev–Trinajstić information content (AvgIpc) is 2.34.